The zero-order chi connectivity index (χ0) is 15.2. The molecule has 3 nitrogen and oxygen atoms in total. The van der Waals surface area contributed by atoms with E-state index >= 15 is 0 Å². The molecule has 0 saturated heterocycles. The zero-order valence-corrected chi connectivity index (χ0v) is 13.1. The van der Waals surface area contributed by atoms with E-state index in [1.807, 2.05) is 37.3 Å². The van der Waals surface area contributed by atoms with Gasteiger partial charge in [0.25, 0.3) is 0 Å². The van der Waals surface area contributed by atoms with Gasteiger partial charge in [-0.05, 0) is 50.5 Å². The molecule has 1 amide bonds. The lowest BCUT2D eigenvalue weighted by Gasteiger charge is -2.27. The molecule has 21 heavy (non-hydrogen) atoms. The fourth-order valence-electron chi connectivity index (χ4n) is 3.09. The standard InChI is InChI=1S/C18H27NO2/c1-13-8-10-16(11-9-13)18(21)19-14(2)12-17(20)15-6-4-3-5-7-15/h3-7,13-14,16-17,20H,8-12H2,1-2H3,(H,19,21). The van der Waals surface area contributed by atoms with Crippen LogP contribution in [-0.2, 0) is 4.79 Å². The lowest BCUT2D eigenvalue weighted by atomic mass is 9.82. The summed E-state index contributed by atoms with van der Waals surface area (Å²) in [5, 5.41) is 13.3. The average Bonchev–Trinajstić information content (AvgIpc) is 2.48. The Labute approximate surface area is 127 Å². The van der Waals surface area contributed by atoms with Gasteiger partial charge in [0.1, 0.15) is 0 Å². The van der Waals surface area contributed by atoms with Crippen LogP contribution in [0, 0.1) is 11.8 Å². The summed E-state index contributed by atoms with van der Waals surface area (Å²) in [7, 11) is 0. The van der Waals surface area contributed by atoms with E-state index < -0.39 is 6.10 Å². The van der Waals surface area contributed by atoms with Crippen molar-refractivity contribution < 1.29 is 9.90 Å². The molecule has 0 spiro atoms. The van der Waals surface area contributed by atoms with Crippen LogP contribution in [0.1, 0.15) is 57.6 Å². The van der Waals surface area contributed by atoms with Crippen molar-refractivity contribution in [3.63, 3.8) is 0 Å². The minimum atomic E-state index is -0.520. The quantitative estimate of drug-likeness (QED) is 0.872. The Kier molecular flexibility index (Phi) is 5.80. The smallest absolute Gasteiger partial charge is 0.223 e. The molecule has 0 aliphatic heterocycles. The third-order valence-corrected chi connectivity index (χ3v) is 4.54. The number of rotatable bonds is 5. The van der Waals surface area contributed by atoms with Crippen molar-refractivity contribution in [3.05, 3.63) is 35.9 Å². The van der Waals surface area contributed by atoms with Crippen LogP contribution in [0.3, 0.4) is 0 Å². The van der Waals surface area contributed by atoms with E-state index in [1.165, 1.54) is 0 Å². The van der Waals surface area contributed by atoms with Crippen LogP contribution in [0.4, 0.5) is 0 Å². The van der Waals surface area contributed by atoms with Gasteiger partial charge >= 0.3 is 0 Å². The fourth-order valence-corrected chi connectivity index (χ4v) is 3.09. The molecule has 2 rings (SSSR count). The number of carbonyl (C=O) groups is 1. The third kappa shape index (κ3) is 4.85. The first kappa shape index (κ1) is 16.0. The van der Waals surface area contributed by atoms with Gasteiger partial charge < -0.3 is 10.4 Å². The van der Waals surface area contributed by atoms with Gasteiger partial charge in [-0.15, -0.1) is 0 Å². The van der Waals surface area contributed by atoms with Crippen molar-refractivity contribution in [1.82, 2.24) is 5.32 Å². The van der Waals surface area contributed by atoms with Gasteiger partial charge in [-0.1, -0.05) is 37.3 Å². The summed E-state index contributed by atoms with van der Waals surface area (Å²) in [5.74, 6) is 1.08. The highest BCUT2D eigenvalue weighted by atomic mass is 16.3. The summed E-state index contributed by atoms with van der Waals surface area (Å²) in [6.07, 6.45) is 4.34. The van der Waals surface area contributed by atoms with Gasteiger partial charge in [0.2, 0.25) is 5.91 Å². The summed E-state index contributed by atoms with van der Waals surface area (Å²) < 4.78 is 0. The van der Waals surface area contributed by atoms with Crippen LogP contribution in [0.2, 0.25) is 0 Å². The number of amides is 1. The first-order valence-electron chi connectivity index (χ1n) is 8.09. The van der Waals surface area contributed by atoms with Crippen molar-refractivity contribution in [1.29, 1.82) is 0 Å². The highest BCUT2D eigenvalue weighted by molar-refractivity contribution is 5.78. The number of benzene rings is 1. The second-order valence-corrected chi connectivity index (χ2v) is 6.53. The van der Waals surface area contributed by atoms with Crippen LogP contribution in [0.15, 0.2) is 30.3 Å². The second kappa shape index (κ2) is 7.60. The fraction of sp³-hybridized carbons (Fsp3) is 0.611. The third-order valence-electron chi connectivity index (χ3n) is 4.54. The van der Waals surface area contributed by atoms with E-state index in [0.29, 0.717) is 6.42 Å². The summed E-state index contributed by atoms with van der Waals surface area (Å²) >= 11 is 0. The Balaban J connectivity index is 1.78. The normalized spacial score (nSPS) is 25.1. The van der Waals surface area contributed by atoms with Crippen molar-refractivity contribution in [2.24, 2.45) is 11.8 Å². The highest BCUT2D eigenvalue weighted by Gasteiger charge is 2.25. The second-order valence-electron chi connectivity index (χ2n) is 6.53. The van der Waals surface area contributed by atoms with Gasteiger partial charge in [0.05, 0.1) is 6.10 Å². The van der Waals surface area contributed by atoms with E-state index in [-0.39, 0.29) is 17.9 Å². The molecule has 2 atom stereocenters. The van der Waals surface area contributed by atoms with Crippen LogP contribution < -0.4 is 5.32 Å². The van der Waals surface area contributed by atoms with Crippen LogP contribution >= 0.6 is 0 Å². The average molecular weight is 289 g/mol. The van der Waals surface area contributed by atoms with Gasteiger partial charge in [-0.2, -0.15) is 0 Å². The maximum absolute atomic E-state index is 12.2. The van der Waals surface area contributed by atoms with Gasteiger partial charge in [-0.3, -0.25) is 4.79 Å². The molecular formula is C18H27NO2. The summed E-state index contributed by atoms with van der Waals surface area (Å²) in [4.78, 5) is 12.2. The molecule has 0 radical (unpaired) electrons. The van der Waals surface area contributed by atoms with Crippen molar-refractivity contribution in [2.45, 2.75) is 58.1 Å². The van der Waals surface area contributed by atoms with Crippen molar-refractivity contribution >= 4 is 5.91 Å². The van der Waals surface area contributed by atoms with Crippen LogP contribution in [-0.4, -0.2) is 17.1 Å². The molecule has 1 aromatic carbocycles. The predicted octanol–water partition coefficient (Wildman–Crippen LogP) is 3.44. The molecule has 2 N–H and O–H groups in total. The number of aliphatic hydroxyl groups excluding tert-OH is 1. The molecule has 1 aliphatic rings. The van der Waals surface area contributed by atoms with E-state index in [4.69, 9.17) is 0 Å². The minimum absolute atomic E-state index is 0.00736. The highest BCUT2D eigenvalue weighted by Crippen LogP contribution is 2.28. The lowest BCUT2D eigenvalue weighted by Crippen LogP contribution is -2.39. The molecule has 1 fully saturated rings. The first-order valence-corrected chi connectivity index (χ1v) is 8.09. The SMILES string of the molecule is CC1CCC(C(=O)NC(C)CC(O)c2ccccc2)CC1. The Morgan fingerprint density at radius 1 is 1.24 bits per heavy atom. The summed E-state index contributed by atoms with van der Waals surface area (Å²) in [6.45, 7) is 4.22. The van der Waals surface area contributed by atoms with E-state index in [0.717, 1.165) is 37.2 Å². The van der Waals surface area contributed by atoms with Gasteiger partial charge in [0, 0.05) is 12.0 Å². The predicted molar refractivity (Wildman–Crippen MR) is 84.7 cm³/mol. The van der Waals surface area contributed by atoms with E-state index in [9.17, 15) is 9.90 Å². The molecule has 116 valence electrons. The maximum Gasteiger partial charge on any atom is 0.223 e. The Bertz CT molecular complexity index is 438. The number of nitrogens with one attached hydrogen (secondary N) is 1. The summed E-state index contributed by atoms with van der Waals surface area (Å²) in [5.41, 5.74) is 0.907. The molecule has 2 unspecified atom stereocenters. The zero-order valence-electron chi connectivity index (χ0n) is 13.1. The van der Waals surface area contributed by atoms with Crippen LogP contribution in [0.5, 0.6) is 0 Å². The van der Waals surface area contributed by atoms with Gasteiger partial charge in [-0.25, -0.2) is 0 Å². The number of carbonyl (C=O) groups excluding carboxylic acids is 1. The monoisotopic (exact) mass is 289 g/mol. The van der Waals surface area contributed by atoms with Crippen molar-refractivity contribution in [3.8, 4) is 0 Å². The molecule has 1 aromatic rings. The Morgan fingerprint density at radius 3 is 2.48 bits per heavy atom. The molecule has 1 saturated carbocycles. The van der Waals surface area contributed by atoms with E-state index in [1.54, 1.807) is 0 Å². The Morgan fingerprint density at radius 2 is 1.86 bits per heavy atom. The maximum atomic E-state index is 12.2. The Hall–Kier alpha value is -1.35. The molecule has 0 bridgehead atoms. The minimum Gasteiger partial charge on any atom is -0.388 e. The number of hydrogen-bond donors (Lipinski definition) is 2. The molecule has 0 heterocycles. The van der Waals surface area contributed by atoms with Crippen LogP contribution in [0.25, 0.3) is 0 Å². The van der Waals surface area contributed by atoms with Crippen molar-refractivity contribution in [2.75, 3.05) is 0 Å². The molecule has 3 heteroatoms. The molecular weight excluding hydrogens is 262 g/mol. The van der Waals surface area contributed by atoms with Gasteiger partial charge in [0.15, 0.2) is 0 Å². The van der Waals surface area contributed by atoms with E-state index in [2.05, 4.69) is 12.2 Å². The number of aliphatic hydroxyl groups is 1. The first-order chi connectivity index (χ1) is 10.1. The molecule has 0 aromatic heterocycles. The topological polar surface area (TPSA) is 49.3 Å². The molecule has 1 aliphatic carbocycles. The largest absolute Gasteiger partial charge is 0.388 e. The lowest BCUT2D eigenvalue weighted by molar-refractivity contribution is -0.127. The number of hydrogen-bond acceptors (Lipinski definition) is 2. The summed E-state index contributed by atoms with van der Waals surface area (Å²) in [6, 6.07) is 9.61.